The van der Waals surface area contributed by atoms with Crippen LogP contribution >= 0.6 is 0 Å². The fraction of sp³-hybridized carbons (Fsp3) is 0.294. The Morgan fingerprint density at radius 3 is 2.52 bits per heavy atom. The van der Waals surface area contributed by atoms with Crippen LogP contribution in [-0.4, -0.2) is 17.4 Å². The van der Waals surface area contributed by atoms with E-state index in [2.05, 4.69) is 34.7 Å². The van der Waals surface area contributed by atoms with Crippen molar-refractivity contribution < 1.29 is 4.79 Å². The molecule has 2 N–H and O–H groups in total. The molecule has 0 aliphatic heterocycles. The van der Waals surface area contributed by atoms with Crippen molar-refractivity contribution in [3.05, 3.63) is 58.9 Å². The Bertz CT molecular complexity index is 600. The molecular weight excluding hydrogens is 262 g/mol. The fourth-order valence-electron chi connectivity index (χ4n) is 2.38. The predicted molar refractivity (Wildman–Crippen MR) is 85.2 cm³/mol. The Hall–Kier alpha value is -2.20. The van der Waals surface area contributed by atoms with Crippen LogP contribution in [0, 0.1) is 20.8 Å². The van der Waals surface area contributed by atoms with Gasteiger partial charge in [-0.3, -0.25) is 9.78 Å². The molecule has 4 heteroatoms. The maximum Gasteiger partial charge on any atom is 0.238 e. The highest BCUT2D eigenvalue weighted by molar-refractivity contribution is 5.93. The number of hydrogen-bond acceptors (Lipinski definition) is 3. The van der Waals surface area contributed by atoms with Crippen molar-refractivity contribution in [2.45, 2.75) is 27.3 Å². The van der Waals surface area contributed by atoms with Crippen LogP contribution in [0.3, 0.4) is 0 Å². The van der Waals surface area contributed by atoms with Gasteiger partial charge < -0.3 is 10.6 Å². The third-order valence-corrected chi connectivity index (χ3v) is 3.28. The lowest BCUT2D eigenvalue weighted by Crippen LogP contribution is -2.28. The molecule has 0 saturated heterocycles. The van der Waals surface area contributed by atoms with Gasteiger partial charge in [0.15, 0.2) is 0 Å². The average Bonchev–Trinajstić information content (AvgIpc) is 2.44. The number of hydrogen-bond donors (Lipinski definition) is 2. The van der Waals surface area contributed by atoms with E-state index in [0.29, 0.717) is 6.54 Å². The van der Waals surface area contributed by atoms with Gasteiger partial charge in [-0.25, -0.2) is 0 Å². The molecule has 0 aliphatic rings. The molecule has 21 heavy (non-hydrogen) atoms. The molecule has 0 spiro atoms. The second-order valence-corrected chi connectivity index (χ2v) is 5.29. The molecule has 0 unspecified atom stereocenters. The molecule has 1 aromatic heterocycles. The van der Waals surface area contributed by atoms with Crippen molar-refractivity contribution >= 4 is 11.6 Å². The normalized spacial score (nSPS) is 10.4. The van der Waals surface area contributed by atoms with Gasteiger partial charge in [0.05, 0.1) is 6.54 Å². The molecule has 0 bridgehead atoms. The van der Waals surface area contributed by atoms with Crippen LogP contribution in [0.25, 0.3) is 0 Å². The number of aryl methyl sites for hydroxylation is 3. The van der Waals surface area contributed by atoms with Gasteiger partial charge in [-0.15, -0.1) is 0 Å². The fourth-order valence-corrected chi connectivity index (χ4v) is 2.38. The van der Waals surface area contributed by atoms with E-state index < -0.39 is 0 Å². The Balaban J connectivity index is 1.88. The molecule has 1 aromatic carbocycles. The summed E-state index contributed by atoms with van der Waals surface area (Å²) in [4.78, 5) is 16.0. The SMILES string of the molecule is Cc1cc(C)c(NC(=O)CNCc2cccnc2)c(C)c1. The first kappa shape index (κ1) is 15.2. The zero-order valence-corrected chi connectivity index (χ0v) is 12.7. The average molecular weight is 283 g/mol. The van der Waals surface area contributed by atoms with Gasteiger partial charge in [-0.2, -0.15) is 0 Å². The van der Waals surface area contributed by atoms with Gasteiger partial charge in [-0.05, 0) is 43.5 Å². The number of pyridine rings is 1. The molecule has 4 nitrogen and oxygen atoms in total. The number of carbonyl (C=O) groups is 1. The minimum absolute atomic E-state index is 0.0334. The summed E-state index contributed by atoms with van der Waals surface area (Å²) in [6, 6.07) is 8.01. The van der Waals surface area contributed by atoms with Crippen LogP contribution in [0.4, 0.5) is 5.69 Å². The number of amides is 1. The number of benzene rings is 1. The van der Waals surface area contributed by atoms with Crippen LogP contribution in [0.2, 0.25) is 0 Å². The minimum atomic E-state index is -0.0334. The van der Waals surface area contributed by atoms with Crippen LogP contribution in [0.5, 0.6) is 0 Å². The van der Waals surface area contributed by atoms with E-state index in [1.807, 2.05) is 26.0 Å². The Kier molecular flexibility index (Phi) is 5.06. The summed E-state index contributed by atoms with van der Waals surface area (Å²) < 4.78 is 0. The smallest absolute Gasteiger partial charge is 0.238 e. The Morgan fingerprint density at radius 2 is 1.90 bits per heavy atom. The molecular formula is C17H21N3O. The first-order valence-corrected chi connectivity index (χ1v) is 7.03. The highest BCUT2D eigenvalue weighted by Crippen LogP contribution is 2.21. The second-order valence-electron chi connectivity index (χ2n) is 5.29. The first-order chi connectivity index (χ1) is 10.1. The van der Waals surface area contributed by atoms with E-state index in [9.17, 15) is 4.79 Å². The van der Waals surface area contributed by atoms with Crippen LogP contribution in [0.15, 0.2) is 36.7 Å². The van der Waals surface area contributed by atoms with Crippen molar-refractivity contribution in [3.63, 3.8) is 0 Å². The van der Waals surface area contributed by atoms with Gasteiger partial charge in [0, 0.05) is 24.6 Å². The zero-order valence-electron chi connectivity index (χ0n) is 12.7. The lowest BCUT2D eigenvalue weighted by molar-refractivity contribution is -0.115. The summed E-state index contributed by atoms with van der Waals surface area (Å²) in [7, 11) is 0. The monoisotopic (exact) mass is 283 g/mol. The van der Waals surface area contributed by atoms with Crippen LogP contribution in [-0.2, 0) is 11.3 Å². The van der Waals surface area contributed by atoms with E-state index in [0.717, 1.165) is 22.4 Å². The summed E-state index contributed by atoms with van der Waals surface area (Å²) in [5.74, 6) is -0.0334. The largest absolute Gasteiger partial charge is 0.324 e. The summed E-state index contributed by atoms with van der Waals surface area (Å²) >= 11 is 0. The first-order valence-electron chi connectivity index (χ1n) is 7.03. The highest BCUT2D eigenvalue weighted by Gasteiger charge is 2.07. The van der Waals surface area contributed by atoms with Gasteiger partial charge in [-0.1, -0.05) is 23.8 Å². The van der Waals surface area contributed by atoms with Crippen LogP contribution in [0.1, 0.15) is 22.3 Å². The molecule has 0 radical (unpaired) electrons. The van der Waals surface area contributed by atoms with Gasteiger partial charge >= 0.3 is 0 Å². The number of aromatic nitrogens is 1. The molecule has 0 aliphatic carbocycles. The predicted octanol–water partition coefficient (Wildman–Crippen LogP) is 2.74. The number of nitrogens with zero attached hydrogens (tertiary/aromatic N) is 1. The van der Waals surface area contributed by atoms with Gasteiger partial charge in [0.1, 0.15) is 0 Å². The van der Waals surface area contributed by atoms with E-state index in [4.69, 9.17) is 0 Å². The van der Waals surface area contributed by atoms with Gasteiger partial charge in [0.2, 0.25) is 5.91 Å². The Labute approximate surface area is 125 Å². The van der Waals surface area contributed by atoms with Crippen molar-refractivity contribution in [2.24, 2.45) is 0 Å². The topological polar surface area (TPSA) is 54.0 Å². The van der Waals surface area contributed by atoms with E-state index >= 15 is 0 Å². The second kappa shape index (κ2) is 6.99. The summed E-state index contributed by atoms with van der Waals surface area (Å²) in [6.07, 6.45) is 3.53. The summed E-state index contributed by atoms with van der Waals surface area (Å²) in [6.45, 7) is 6.99. The molecule has 1 amide bonds. The van der Waals surface area contributed by atoms with Crippen molar-refractivity contribution in [1.82, 2.24) is 10.3 Å². The molecule has 0 atom stereocenters. The quantitative estimate of drug-likeness (QED) is 0.887. The Morgan fingerprint density at radius 1 is 1.19 bits per heavy atom. The van der Waals surface area contributed by atoms with Crippen molar-refractivity contribution in [3.8, 4) is 0 Å². The van der Waals surface area contributed by atoms with E-state index in [-0.39, 0.29) is 12.5 Å². The third-order valence-electron chi connectivity index (χ3n) is 3.28. The number of carbonyl (C=O) groups excluding carboxylic acids is 1. The summed E-state index contributed by atoms with van der Waals surface area (Å²) in [5, 5.41) is 6.09. The van der Waals surface area contributed by atoms with Gasteiger partial charge in [0.25, 0.3) is 0 Å². The zero-order chi connectivity index (χ0) is 15.2. The lowest BCUT2D eigenvalue weighted by atomic mass is 10.1. The number of anilines is 1. The number of rotatable bonds is 5. The van der Waals surface area contributed by atoms with Crippen LogP contribution < -0.4 is 10.6 Å². The maximum atomic E-state index is 12.0. The highest BCUT2D eigenvalue weighted by atomic mass is 16.1. The molecule has 0 saturated carbocycles. The molecule has 2 rings (SSSR count). The third kappa shape index (κ3) is 4.39. The van der Waals surface area contributed by atoms with Crippen molar-refractivity contribution in [1.29, 1.82) is 0 Å². The molecule has 0 fully saturated rings. The molecule has 2 aromatic rings. The minimum Gasteiger partial charge on any atom is -0.324 e. The molecule has 1 heterocycles. The van der Waals surface area contributed by atoms with E-state index in [1.165, 1.54) is 5.56 Å². The van der Waals surface area contributed by atoms with E-state index in [1.54, 1.807) is 12.4 Å². The lowest BCUT2D eigenvalue weighted by Gasteiger charge is -2.13. The number of nitrogens with one attached hydrogen (secondary N) is 2. The maximum absolute atomic E-state index is 12.0. The summed E-state index contributed by atoms with van der Waals surface area (Å²) in [5.41, 5.74) is 5.36. The van der Waals surface area contributed by atoms with Crippen molar-refractivity contribution in [2.75, 3.05) is 11.9 Å². The standard InChI is InChI=1S/C17H21N3O/c1-12-7-13(2)17(14(3)8-12)20-16(21)11-19-10-15-5-4-6-18-9-15/h4-9,19H,10-11H2,1-3H3,(H,20,21). The molecule has 110 valence electrons.